The van der Waals surface area contributed by atoms with E-state index in [0.717, 1.165) is 11.9 Å². The molecule has 1 heterocycles. The highest BCUT2D eigenvalue weighted by Gasteiger charge is 2.12. The van der Waals surface area contributed by atoms with E-state index in [1.54, 1.807) is 18.4 Å². The van der Waals surface area contributed by atoms with Crippen molar-refractivity contribution in [2.45, 2.75) is 12.5 Å². The molecular weight excluding hydrogens is 178 g/mol. The third kappa shape index (κ3) is 2.58. The highest BCUT2D eigenvalue weighted by molar-refractivity contribution is 5.96. The van der Waals surface area contributed by atoms with Gasteiger partial charge < -0.3 is 15.8 Å². The van der Waals surface area contributed by atoms with Crippen LogP contribution in [0.25, 0.3) is 0 Å². The fraction of sp³-hybridized carbons (Fsp3) is 0.200. The normalized spacial score (nSPS) is 20.3. The third-order valence-corrected chi connectivity index (χ3v) is 1.95. The number of allylic oxidation sites excluding steroid dienone is 1. The molecule has 1 aliphatic rings. The van der Waals surface area contributed by atoms with Crippen molar-refractivity contribution in [3.8, 4) is 0 Å². The quantitative estimate of drug-likeness (QED) is 0.262. The zero-order valence-electron chi connectivity index (χ0n) is 7.79. The molecule has 14 heavy (non-hydrogen) atoms. The zero-order valence-corrected chi connectivity index (χ0v) is 7.79. The predicted octanol–water partition coefficient (Wildman–Crippen LogP) is 0.479. The molecule has 0 aliphatic carbocycles. The average Bonchev–Trinajstić information content (AvgIpc) is 2.61. The van der Waals surface area contributed by atoms with E-state index < -0.39 is 0 Å². The number of hydrogen-bond donors (Lipinski definition) is 3. The molecule has 4 nitrogen and oxygen atoms in total. The van der Waals surface area contributed by atoms with Crippen LogP contribution in [-0.2, 0) is 4.79 Å². The van der Waals surface area contributed by atoms with Gasteiger partial charge >= 0.3 is 0 Å². The fourth-order valence-electron chi connectivity index (χ4n) is 1.09. The van der Waals surface area contributed by atoms with Crippen LogP contribution in [0, 0.1) is 5.41 Å². The maximum Gasteiger partial charge on any atom is 0.142 e. The van der Waals surface area contributed by atoms with Crippen molar-refractivity contribution in [2.75, 3.05) is 0 Å². The number of hydrogen-bond acceptors (Lipinski definition) is 3. The molecule has 0 bridgehead atoms. The molecule has 4 heteroatoms. The zero-order chi connectivity index (χ0) is 10.6. The number of amidine groups is 1. The van der Waals surface area contributed by atoms with Gasteiger partial charge in [-0.3, -0.25) is 5.41 Å². The third-order valence-electron chi connectivity index (χ3n) is 1.95. The van der Waals surface area contributed by atoms with Gasteiger partial charge in [-0.2, -0.15) is 0 Å². The summed E-state index contributed by atoms with van der Waals surface area (Å²) in [6, 6.07) is -0.125. The van der Waals surface area contributed by atoms with Crippen LogP contribution in [0.2, 0.25) is 0 Å². The predicted molar refractivity (Wildman–Crippen MR) is 55.9 cm³/mol. The second kappa shape index (κ2) is 4.41. The molecule has 0 aromatic heterocycles. The number of nitrogens with two attached hydrogens (primary N) is 1. The van der Waals surface area contributed by atoms with Crippen LogP contribution in [0.3, 0.4) is 0 Å². The van der Waals surface area contributed by atoms with Gasteiger partial charge in [0.15, 0.2) is 0 Å². The first-order valence-electron chi connectivity index (χ1n) is 4.25. The van der Waals surface area contributed by atoms with Gasteiger partial charge in [-0.05, 0) is 5.57 Å². The maximum absolute atomic E-state index is 10.4. The van der Waals surface area contributed by atoms with Crippen molar-refractivity contribution < 1.29 is 4.79 Å². The number of nitrogens with one attached hydrogen (secondary N) is 2. The molecule has 1 rings (SSSR count). The van der Waals surface area contributed by atoms with E-state index in [1.807, 2.05) is 0 Å². The van der Waals surface area contributed by atoms with Gasteiger partial charge in [0.25, 0.3) is 0 Å². The first-order valence-corrected chi connectivity index (χ1v) is 4.25. The van der Waals surface area contributed by atoms with E-state index in [4.69, 9.17) is 11.1 Å². The van der Waals surface area contributed by atoms with Crippen LogP contribution in [0.5, 0.6) is 0 Å². The molecule has 4 N–H and O–H groups in total. The summed E-state index contributed by atoms with van der Waals surface area (Å²) in [5.74, 6) is -0.0419. The van der Waals surface area contributed by atoms with Gasteiger partial charge in [-0.1, -0.05) is 18.7 Å². The molecule has 0 saturated heterocycles. The lowest BCUT2D eigenvalue weighted by Gasteiger charge is -1.98. The Morgan fingerprint density at radius 1 is 1.79 bits per heavy atom. The number of carbonyl (C=O) groups is 1. The van der Waals surface area contributed by atoms with Crippen molar-refractivity contribution in [1.29, 1.82) is 5.41 Å². The second-order valence-corrected chi connectivity index (χ2v) is 3.10. The molecule has 0 saturated carbocycles. The Morgan fingerprint density at radius 3 is 3.00 bits per heavy atom. The fourth-order valence-corrected chi connectivity index (χ4v) is 1.09. The molecule has 74 valence electrons. The Kier molecular flexibility index (Phi) is 3.23. The van der Waals surface area contributed by atoms with E-state index in [0.29, 0.717) is 12.0 Å². The molecule has 1 atom stereocenters. The van der Waals surface area contributed by atoms with Crippen molar-refractivity contribution >= 4 is 12.1 Å². The summed E-state index contributed by atoms with van der Waals surface area (Å²) in [5, 5.41) is 10.00. The van der Waals surface area contributed by atoms with E-state index >= 15 is 0 Å². The Labute approximate surface area is 82.7 Å². The largest absolute Gasteiger partial charge is 0.384 e. The number of carbonyl (C=O) groups excluding carboxylic acids is 1. The summed E-state index contributed by atoms with van der Waals surface area (Å²) in [7, 11) is 0. The Bertz CT molecular complexity index is 328. The topological polar surface area (TPSA) is 79.0 Å². The molecular formula is C10H13N3O. The number of aldehydes is 1. The standard InChI is InChI=1S/C10H13N3O/c1-7(10(11)12)2-3-8-4-9(6-14)13-5-8/h2-3,5-6,9,13H,1,4H2,(H3,11,12)/b3-2-. The smallest absolute Gasteiger partial charge is 0.142 e. The van der Waals surface area contributed by atoms with Crippen LogP contribution in [0.1, 0.15) is 6.42 Å². The lowest BCUT2D eigenvalue weighted by Crippen LogP contribution is -2.19. The van der Waals surface area contributed by atoms with Gasteiger partial charge in [-0.15, -0.1) is 0 Å². The van der Waals surface area contributed by atoms with Crippen molar-refractivity contribution in [3.63, 3.8) is 0 Å². The van der Waals surface area contributed by atoms with Gasteiger partial charge in [0.1, 0.15) is 12.1 Å². The number of rotatable bonds is 4. The first kappa shape index (κ1) is 10.2. The summed E-state index contributed by atoms with van der Waals surface area (Å²) < 4.78 is 0. The summed E-state index contributed by atoms with van der Waals surface area (Å²) in [6.45, 7) is 3.60. The van der Waals surface area contributed by atoms with E-state index in [-0.39, 0.29) is 11.9 Å². The van der Waals surface area contributed by atoms with Crippen LogP contribution in [0.15, 0.2) is 36.1 Å². The van der Waals surface area contributed by atoms with E-state index in [2.05, 4.69) is 11.9 Å². The van der Waals surface area contributed by atoms with Crippen molar-refractivity contribution in [3.05, 3.63) is 36.1 Å². The van der Waals surface area contributed by atoms with Crippen LogP contribution in [0.4, 0.5) is 0 Å². The highest BCUT2D eigenvalue weighted by atomic mass is 16.1. The summed E-state index contributed by atoms with van der Waals surface area (Å²) in [5.41, 5.74) is 6.69. The van der Waals surface area contributed by atoms with E-state index in [9.17, 15) is 4.79 Å². The Hall–Kier alpha value is -1.84. The van der Waals surface area contributed by atoms with Crippen LogP contribution in [-0.4, -0.2) is 18.2 Å². The molecule has 0 aromatic rings. The highest BCUT2D eigenvalue weighted by Crippen LogP contribution is 2.12. The monoisotopic (exact) mass is 191 g/mol. The van der Waals surface area contributed by atoms with Crippen molar-refractivity contribution in [1.82, 2.24) is 5.32 Å². The molecule has 0 amide bonds. The lowest BCUT2D eigenvalue weighted by atomic mass is 10.1. The minimum absolute atomic E-state index is 0.0419. The summed E-state index contributed by atoms with van der Waals surface area (Å²) in [6.07, 6.45) is 6.80. The first-order chi connectivity index (χ1) is 6.63. The van der Waals surface area contributed by atoms with E-state index in [1.165, 1.54) is 0 Å². The molecule has 0 aromatic carbocycles. The summed E-state index contributed by atoms with van der Waals surface area (Å²) in [4.78, 5) is 10.4. The second-order valence-electron chi connectivity index (χ2n) is 3.10. The molecule has 0 radical (unpaired) electrons. The molecule has 0 fully saturated rings. The minimum atomic E-state index is -0.125. The molecule has 1 unspecified atom stereocenters. The average molecular weight is 191 g/mol. The van der Waals surface area contributed by atoms with Gasteiger partial charge in [0, 0.05) is 18.2 Å². The molecule has 1 aliphatic heterocycles. The minimum Gasteiger partial charge on any atom is -0.384 e. The lowest BCUT2D eigenvalue weighted by molar-refractivity contribution is -0.109. The maximum atomic E-state index is 10.4. The van der Waals surface area contributed by atoms with Crippen LogP contribution < -0.4 is 11.1 Å². The van der Waals surface area contributed by atoms with Crippen molar-refractivity contribution in [2.24, 2.45) is 5.73 Å². The van der Waals surface area contributed by atoms with Crippen LogP contribution >= 0.6 is 0 Å². The SMILES string of the molecule is C=C(/C=C\C1=CNC(C=O)C1)C(=N)N. The van der Waals surface area contributed by atoms with Gasteiger partial charge in [0.05, 0.1) is 6.04 Å². The molecule has 0 spiro atoms. The Morgan fingerprint density at radius 2 is 2.50 bits per heavy atom. The summed E-state index contributed by atoms with van der Waals surface area (Å²) >= 11 is 0. The Balaban J connectivity index is 2.50. The van der Waals surface area contributed by atoms with Gasteiger partial charge in [0.2, 0.25) is 0 Å². The van der Waals surface area contributed by atoms with Gasteiger partial charge in [-0.25, -0.2) is 0 Å².